The number of nitrogens with zero attached hydrogens (tertiary/aromatic N) is 2. The van der Waals surface area contributed by atoms with Crippen LogP contribution in [0.25, 0.3) is 11.5 Å². The van der Waals surface area contributed by atoms with Crippen molar-refractivity contribution in [1.82, 2.24) is 9.29 Å². The SMILES string of the molecule is COc1ccc(-c2nc(COC(=O)[C@@H]3CCCN3S(=O)(=O)c3ccc(Cl)cc3)co2)cc1. The number of rotatable bonds is 7. The van der Waals surface area contributed by atoms with Crippen LogP contribution < -0.4 is 4.74 Å². The zero-order valence-electron chi connectivity index (χ0n) is 17.2. The van der Waals surface area contributed by atoms with Gasteiger partial charge in [0.1, 0.15) is 30.4 Å². The van der Waals surface area contributed by atoms with E-state index in [4.69, 9.17) is 25.5 Å². The summed E-state index contributed by atoms with van der Waals surface area (Å²) in [5.74, 6) is 0.477. The molecule has 0 N–H and O–H groups in total. The molecule has 168 valence electrons. The highest BCUT2D eigenvalue weighted by molar-refractivity contribution is 7.89. The zero-order chi connectivity index (χ0) is 22.7. The van der Waals surface area contributed by atoms with E-state index in [1.807, 2.05) is 0 Å². The second-order valence-corrected chi connectivity index (χ2v) is 9.53. The van der Waals surface area contributed by atoms with Gasteiger partial charge < -0.3 is 13.9 Å². The first-order valence-corrected chi connectivity index (χ1v) is 11.7. The summed E-state index contributed by atoms with van der Waals surface area (Å²) in [5, 5.41) is 0.433. The fraction of sp³-hybridized carbons (Fsp3) is 0.273. The van der Waals surface area contributed by atoms with Gasteiger partial charge in [0.15, 0.2) is 0 Å². The summed E-state index contributed by atoms with van der Waals surface area (Å²) < 4.78 is 43.1. The molecule has 0 saturated carbocycles. The molecule has 2 heterocycles. The van der Waals surface area contributed by atoms with Crippen LogP contribution in [0.1, 0.15) is 18.5 Å². The quantitative estimate of drug-likeness (QED) is 0.477. The average molecular weight is 477 g/mol. The Bertz CT molecular complexity index is 1190. The van der Waals surface area contributed by atoms with Gasteiger partial charge in [-0.05, 0) is 61.4 Å². The molecule has 1 aromatic heterocycles. The van der Waals surface area contributed by atoms with E-state index in [9.17, 15) is 13.2 Å². The molecule has 2 aromatic carbocycles. The summed E-state index contributed by atoms with van der Waals surface area (Å²) >= 11 is 5.85. The summed E-state index contributed by atoms with van der Waals surface area (Å²) in [6.45, 7) is 0.125. The number of hydrogen-bond donors (Lipinski definition) is 0. The number of halogens is 1. The highest BCUT2D eigenvalue weighted by Gasteiger charge is 2.40. The van der Waals surface area contributed by atoms with Crippen molar-refractivity contribution in [2.75, 3.05) is 13.7 Å². The van der Waals surface area contributed by atoms with E-state index >= 15 is 0 Å². The van der Waals surface area contributed by atoms with Gasteiger partial charge in [0.25, 0.3) is 0 Å². The van der Waals surface area contributed by atoms with Crippen molar-refractivity contribution in [1.29, 1.82) is 0 Å². The molecule has 8 nitrogen and oxygen atoms in total. The van der Waals surface area contributed by atoms with Gasteiger partial charge in [0, 0.05) is 17.1 Å². The molecule has 1 saturated heterocycles. The normalized spacial score (nSPS) is 16.8. The summed E-state index contributed by atoms with van der Waals surface area (Å²) in [7, 11) is -2.26. The Kier molecular flexibility index (Phi) is 6.50. The van der Waals surface area contributed by atoms with Gasteiger partial charge >= 0.3 is 5.97 Å². The van der Waals surface area contributed by atoms with Gasteiger partial charge in [0.2, 0.25) is 15.9 Å². The van der Waals surface area contributed by atoms with Crippen LogP contribution in [-0.2, 0) is 26.2 Å². The van der Waals surface area contributed by atoms with E-state index in [-0.39, 0.29) is 18.0 Å². The van der Waals surface area contributed by atoms with Crippen molar-refractivity contribution in [2.24, 2.45) is 0 Å². The van der Waals surface area contributed by atoms with Crippen molar-refractivity contribution < 1.29 is 27.1 Å². The lowest BCUT2D eigenvalue weighted by Crippen LogP contribution is -2.41. The molecule has 0 spiro atoms. The van der Waals surface area contributed by atoms with E-state index in [2.05, 4.69) is 4.98 Å². The first kappa shape index (κ1) is 22.3. The second kappa shape index (κ2) is 9.32. The molecule has 0 unspecified atom stereocenters. The summed E-state index contributed by atoms with van der Waals surface area (Å²) in [6.07, 6.45) is 2.36. The van der Waals surface area contributed by atoms with Crippen molar-refractivity contribution in [2.45, 2.75) is 30.4 Å². The number of benzene rings is 2. The van der Waals surface area contributed by atoms with E-state index in [1.54, 1.807) is 31.4 Å². The summed E-state index contributed by atoms with van der Waals surface area (Å²) in [5.41, 5.74) is 1.17. The number of ether oxygens (including phenoxy) is 2. The molecule has 10 heteroatoms. The Balaban J connectivity index is 1.41. The van der Waals surface area contributed by atoms with Crippen LogP contribution in [0, 0.1) is 0 Å². The monoisotopic (exact) mass is 476 g/mol. The van der Waals surface area contributed by atoms with Gasteiger partial charge in [0.05, 0.1) is 12.0 Å². The number of sulfonamides is 1. The molecular formula is C22H21ClN2O6S. The molecule has 1 atom stereocenters. The summed E-state index contributed by atoms with van der Waals surface area (Å²) in [6, 6.07) is 12.2. The molecular weight excluding hydrogens is 456 g/mol. The number of oxazole rings is 1. The topological polar surface area (TPSA) is 98.9 Å². The van der Waals surface area contributed by atoms with Crippen LogP contribution in [0.15, 0.2) is 64.1 Å². The Morgan fingerprint density at radius 1 is 1.19 bits per heavy atom. The minimum absolute atomic E-state index is 0.0854. The van der Waals surface area contributed by atoms with Crippen LogP contribution in [0.3, 0.4) is 0 Å². The predicted molar refractivity (Wildman–Crippen MR) is 117 cm³/mol. The minimum Gasteiger partial charge on any atom is -0.497 e. The maximum absolute atomic E-state index is 13.0. The number of methoxy groups -OCH3 is 1. The molecule has 4 rings (SSSR count). The smallest absolute Gasteiger partial charge is 0.324 e. The van der Waals surface area contributed by atoms with Gasteiger partial charge in [-0.1, -0.05) is 11.6 Å². The van der Waals surface area contributed by atoms with Gasteiger partial charge in [-0.2, -0.15) is 4.31 Å². The van der Waals surface area contributed by atoms with Crippen LogP contribution in [0.2, 0.25) is 5.02 Å². The standard InChI is InChI=1S/C22H21ClN2O6S/c1-29-18-8-4-15(5-9-18)21-24-17(13-30-21)14-31-22(26)20-3-2-12-25(20)32(27,28)19-10-6-16(23)7-11-19/h4-11,13,20H,2-3,12,14H2,1H3/t20-/m0/s1. The molecule has 0 aliphatic carbocycles. The molecule has 1 aliphatic rings. The van der Waals surface area contributed by atoms with Crippen LogP contribution in [-0.4, -0.2) is 43.4 Å². The average Bonchev–Trinajstić information content (AvgIpc) is 3.48. The van der Waals surface area contributed by atoms with Gasteiger partial charge in [-0.25, -0.2) is 13.4 Å². The summed E-state index contributed by atoms with van der Waals surface area (Å²) in [4.78, 5) is 17.1. The fourth-order valence-corrected chi connectivity index (χ4v) is 5.26. The minimum atomic E-state index is -3.84. The van der Waals surface area contributed by atoms with E-state index in [0.29, 0.717) is 35.2 Å². The van der Waals surface area contributed by atoms with Crippen molar-refractivity contribution >= 4 is 27.6 Å². The third kappa shape index (κ3) is 4.64. The highest BCUT2D eigenvalue weighted by Crippen LogP contribution is 2.28. The van der Waals surface area contributed by atoms with Crippen molar-refractivity contribution in [3.8, 4) is 17.2 Å². The molecule has 1 fully saturated rings. The Hall–Kier alpha value is -2.88. The van der Waals surface area contributed by atoms with Crippen molar-refractivity contribution in [3.05, 3.63) is 65.5 Å². The number of carbonyl (C=O) groups is 1. The first-order valence-electron chi connectivity index (χ1n) is 9.91. The maximum Gasteiger partial charge on any atom is 0.324 e. The van der Waals surface area contributed by atoms with Gasteiger partial charge in [-0.3, -0.25) is 4.79 Å². The Morgan fingerprint density at radius 3 is 2.59 bits per heavy atom. The highest BCUT2D eigenvalue weighted by atomic mass is 35.5. The number of aromatic nitrogens is 1. The molecule has 0 bridgehead atoms. The van der Waals surface area contributed by atoms with Crippen LogP contribution >= 0.6 is 11.6 Å². The molecule has 0 radical (unpaired) electrons. The maximum atomic E-state index is 13.0. The lowest BCUT2D eigenvalue weighted by Gasteiger charge is -2.22. The van der Waals surface area contributed by atoms with Crippen molar-refractivity contribution in [3.63, 3.8) is 0 Å². The number of esters is 1. The van der Waals surface area contributed by atoms with E-state index in [0.717, 1.165) is 5.56 Å². The van der Waals surface area contributed by atoms with E-state index in [1.165, 1.54) is 34.8 Å². The fourth-order valence-electron chi connectivity index (χ4n) is 3.49. The Labute approximate surface area is 190 Å². The molecule has 32 heavy (non-hydrogen) atoms. The number of carbonyl (C=O) groups excluding carboxylic acids is 1. The first-order chi connectivity index (χ1) is 15.4. The number of hydrogen-bond acceptors (Lipinski definition) is 7. The van der Waals surface area contributed by atoms with Crippen LogP contribution in [0.4, 0.5) is 0 Å². The largest absolute Gasteiger partial charge is 0.497 e. The zero-order valence-corrected chi connectivity index (χ0v) is 18.8. The van der Waals surface area contributed by atoms with E-state index < -0.39 is 22.0 Å². The predicted octanol–water partition coefficient (Wildman–Crippen LogP) is 3.90. The van der Waals surface area contributed by atoms with Gasteiger partial charge in [-0.15, -0.1) is 0 Å². The lowest BCUT2D eigenvalue weighted by atomic mass is 10.2. The third-order valence-electron chi connectivity index (χ3n) is 5.15. The lowest BCUT2D eigenvalue weighted by molar-refractivity contribution is -0.148. The molecule has 1 aliphatic heterocycles. The molecule has 3 aromatic rings. The molecule has 0 amide bonds. The Morgan fingerprint density at radius 2 is 1.91 bits per heavy atom. The van der Waals surface area contributed by atoms with Crippen LogP contribution in [0.5, 0.6) is 5.75 Å². The third-order valence-corrected chi connectivity index (χ3v) is 7.32. The second-order valence-electron chi connectivity index (χ2n) is 7.21.